The van der Waals surface area contributed by atoms with Crippen molar-refractivity contribution in [3.63, 3.8) is 0 Å². The minimum Gasteiger partial charge on any atom is -0.508 e. The van der Waals surface area contributed by atoms with E-state index in [0.717, 1.165) is 22.6 Å². The number of hydrogen-bond acceptors (Lipinski definition) is 4. The van der Waals surface area contributed by atoms with Gasteiger partial charge in [-0.2, -0.15) is 0 Å². The molecule has 0 aliphatic heterocycles. The second-order valence-electron chi connectivity index (χ2n) is 4.78. The number of aromatic hydroxyl groups is 1. The third kappa shape index (κ3) is 3.81. The van der Waals surface area contributed by atoms with E-state index in [1.807, 2.05) is 44.2 Å². The summed E-state index contributed by atoms with van der Waals surface area (Å²) >= 11 is 0. The second kappa shape index (κ2) is 6.88. The smallest absolute Gasteiger partial charge is 0.162 e. The van der Waals surface area contributed by atoms with Crippen LogP contribution in [0.3, 0.4) is 0 Å². The van der Waals surface area contributed by atoms with Gasteiger partial charge in [0.25, 0.3) is 0 Å². The molecule has 4 heteroatoms. The molecule has 0 aromatic heterocycles. The first-order chi connectivity index (χ1) is 10.1. The van der Waals surface area contributed by atoms with Gasteiger partial charge in [0.05, 0.1) is 13.7 Å². The van der Waals surface area contributed by atoms with Gasteiger partial charge >= 0.3 is 0 Å². The number of rotatable bonds is 6. The van der Waals surface area contributed by atoms with Crippen LogP contribution in [0.25, 0.3) is 0 Å². The first-order valence-electron chi connectivity index (χ1n) is 6.97. The summed E-state index contributed by atoms with van der Waals surface area (Å²) in [6.07, 6.45) is 0. The maximum absolute atomic E-state index is 9.84. The number of nitrogens with one attached hydrogen (secondary N) is 1. The average molecular weight is 287 g/mol. The Balaban J connectivity index is 2.11. The zero-order chi connectivity index (χ0) is 15.2. The van der Waals surface area contributed by atoms with Crippen molar-refractivity contribution in [1.82, 2.24) is 0 Å². The van der Waals surface area contributed by atoms with E-state index in [1.54, 1.807) is 13.2 Å². The minimum absolute atomic E-state index is 0.297. The van der Waals surface area contributed by atoms with E-state index in [9.17, 15) is 5.11 Å². The van der Waals surface area contributed by atoms with E-state index in [4.69, 9.17) is 9.47 Å². The van der Waals surface area contributed by atoms with Crippen molar-refractivity contribution in [3.05, 3.63) is 47.5 Å². The summed E-state index contributed by atoms with van der Waals surface area (Å²) in [6.45, 7) is 5.08. The molecule has 0 aliphatic rings. The fraction of sp³-hybridized carbons (Fsp3) is 0.294. The van der Waals surface area contributed by atoms with E-state index in [-0.39, 0.29) is 0 Å². The molecule has 0 unspecified atom stereocenters. The van der Waals surface area contributed by atoms with E-state index in [1.165, 1.54) is 0 Å². The number of phenols is 1. The van der Waals surface area contributed by atoms with Crippen LogP contribution in [0.15, 0.2) is 36.4 Å². The van der Waals surface area contributed by atoms with Crippen molar-refractivity contribution in [2.75, 3.05) is 19.0 Å². The summed E-state index contributed by atoms with van der Waals surface area (Å²) in [5.41, 5.74) is 2.90. The van der Waals surface area contributed by atoms with Gasteiger partial charge in [-0.15, -0.1) is 0 Å². The van der Waals surface area contributed by atoms with Gasteiger partial charge in [0.15, 0.2) is 11.5 Å². The van der Waals surface area contributed by atoms with Crippen molar-refractivity contribution < 1.29 is 14.6 Å². The fourth-order valence-corrected chi connectivity index (χ4v) is 2.11. The molecule has 2 N–H and O–H groups in total. The van der Waals surface area contributed by atoms with Crippen LogP contribution in [0.1, 0.15) is 18.1 Å². The van der Waals surface area contributed by atoms with Gasteiger partial charge in [0, 0.05) is 23.9 Å². The Morgan fingerprint density at radius 1 is 1.10 bits per heavy atom. The summed E-state index contributed by atoms with van der Waals surface area (Å²) in [5, 5.41) is 13.1. The molecular weight excluding hydrogens is 266 g/mol. The highest BCUT2D eigenvalue weighted by Crippen LogP contribution is 2.30. The summed E-state index contributed by atoms with van der Waals surface area (Å²) in [7, 11) is 1.62. The van der Waals surface area contributed by atoms with Crippen molar-refractivity contribution in [3.8, 4) is 17.2 Å². The van der Waals surface area contributed by atoms with Gasteiger partial charge in [-0.25, -0.2) is 0 Å². The van der Waals surface area contributed by atoms with E-state index in [2.05, 4.69) is 5.32 Å². The molecule has 0 saturated heterocycles. The monoisotopic (exact) mass is 287 g/mol. The van der Waals surface area contributed by atoms with Crippen LogP contribution in [-0.2, 0) is 6.54 Å². The van der Waals surface area contributed by atoms with Gasteiger partial charge < -0.3 is 19.9 Å². The van der Waals surface area contributed by atoms with Crippen LogP contribution in [0.4, 0.5) is 5.69 Å². The SMILES string of the molecule is CCOc1ccc(NCc2cc(C)ccc2O)cc1OC. The molecule has 0 heterocycles. The van der Waals surface area contributed by atoms with Gasteiger partial charge in [-0.1, -0.05) is 17.7 Å². The van der Waals surface area contributed by atoms with Crippen LogP contribution >= 0.6 is 0 Å². The molecule has 2 aromatic carbocycles. The normalized spacial score (nSPS) is 10.2. The van der Waals surface area contributed by atoms with Gasteiger partial charge in [-0.05, 0) is 32.0 Å². The van der Waals surface area contributed by atoms with Crippen LogP contribution in [0, 0.1) is 6.92 Å². The first-order valence-corrected chi connectivity index (χ1v) is 6.97. The Labute approximate surface area is 125 Å². The predicted octanol–water partition coefficient (Wildman–Crippen LogP) is 3.72. The molecular formula is C17H21NO3. The standard InChI is InChI=1S/C17H21NO3/c1-4-21-16-8-6-14(10-17(16)20-3)18-11-13-9-12(2)5-7-15(13)19/h5-10,18-19H,4,11H2,1-3H3. The Hall–Kier alpha value is -2.36. The molecule has 0 amide bonds. The average Bonchev–Trinajstić information content (AvgIpc) is 2.49. The number of phenolic OH excluding ortho intramolecular Hbond substituents is 1. The number of benzene rings is 2. The Morgan fingerprint density at radius 2 is 1.90 bits per heavy atom. The predicted molar refractivity (Wildman–Crippen MR) is 84.3 cm³/mol. The molecule has 0 fully saturated rings. The second-order valence-corrected chi connectivity index (χ2v) is 4.78. The zero-order valence-corrected chi connectivity index (χ0v) is 12.6. The van der Waals surface area contributed by atoms with Crippen molar-refractivity contribution in [2.45, 2.75) is 20.4 Å². The molecule has 4 nitrogen and oxygen atoms in total. The lowest BCUT2D eigenvalue weighted by atomic mass is 10.1. The highest BCUT2D eigenvalue weighted by atomic mass is 16.5. The van der Waals surface area contributed by atoms with E-state index in [0.29, 0.717) is 24.7 Å². The van der Waals surface area contributed by atoms with Crippen molar-refractivity contribution in [1.29, 1.82) is 0 Å². The number of hydrogen-bond donors (Lipinski definition) is 2. The Bertz CT molecular complexity index is 611. The Kier molecular flexibility index (Phi) is 4.93. The maximum atomic E-state index is 9.84. The van der Waals surface area contributed by atoms with Gasteiger partial charge in [0.2, 0.25) is 0 Å². The lowest BCUT2D eigenvalue weighted by Gasteiger charge is -2.13. The molecule has 0 aliphatic carbocycles. The lowest BCUT2D eigenvalue weighted by molar-refractivity contribution is 0.311. The number of anilines is 1. The molecule has 0 radical (unpaired) electrons. The largest absolute Gasteiger partial charge is 0.508 e. The molecule has 0 saturated carbocycles. The number of aryl methyl sites for hydroxylation is 1. The minimum atomic E-state index is 0.297. The number of methoxy groups -OCH3 is 1. The van der Waals surface area contributed by atoms with Crippen molar-refractivity contribution >= 4 is 5.69 Å². The van der Waals surface area contributed by atoms with Crippen LogP contribution in [-0.4, -0.2) is 18.8 Å². The van der Waals surface area contributed by atoms with Crippen LogP contribution in [0.5, 0.6) is 17.2 Å². The summed E-state index contributed by atoms with van der Waals surface area (Å²) < 4.78 is 10.8. The van der Waals surface area contributed by atoms with E-state index < -0.39 is 0 Å². The fourth-order valence-electron chi connectivity index (χ4n) is 2.11. The van der Waals surface area contributed by atoms with Crippen LogP contribution < -0.4 is 14.8 Å². The molecule has 112 valence electrons. The summed E-state index contributed by atoms with van der Waals surface area (Å²) in [4.78, 5) is 0. The van der Waals surface area contributed by atoms with Gasteiger partial charge in [-0.3, -0.25) is 0 Å². The topological polar surface area (TPSA) is 50.7 Å². The molecule has 21 heavy (non-hydrogen) atoms. The Morgan fingerprint density at radius 3 is 2.62 bits per heavy atom. The third-order valence-electron chi connectivity index (χ3n) is 3.18. The molecule has 0 bridgehead atoms. The van der Waals surface area contributed by atoms with Crippen molar-refractivity contribution in [2.24, 2.45) is 0 Å². The lowest BCUT2D eigenvalue weighted by Crippen LogP contribution is -2.01. The quantitative estimate of drug-likeness (QED) is 0.850. The number of ether oxygens (including phenoxy) is 2. The first kappa shape index (κ1) is 15.0. The van der Waals surface area contributed by atoms with E-state index >= 15 is 0 Å². The molecule has 0 spiro atoms. The summed E-state index contributed by atoms with van der Waals surface area (Å²) in [6, 6.07) is 11.3. The molecule has 2 rings (SSSR count). The highest BCUT2D eigenvalue weighted by Gasteiger charge is 2.06. The summed E-state index contributed by atoms with van der Waals surface area (Å²) in [5.74, 6) is 1.71. The highest BCUT2D eigenvalue weighted by molar-refractivity contribution is 5.55. The van der Waals surface area contributed by atoms with Gasteiger partial charge in [0.1, 0.15) is 5.75 Å². The van der Waals surface area contributed by atoms with Crippen LogP contribution in [0.2, 0.25) is 0 Å². The zero-order valence-electron chi connectivity index (χ0n) is 12.6. The molecule has 2 aromatic rings. The molecule has 0 atom stereocenters. The third-order valence-corrected chi connectivity index (χ3v) is 3.18. The maximum Gasteiger partial charge on any atom is 0.162 e.